The molecular formula is C10H14BrNO2. The predicted octanol–water partition coefficient (Wildman–Crippen LogP) is 1.76. The van der Waals surface area contributed by atoms with Crippen LogP contribution in [0.3, 0.4) is 0 Å². The fraction of sp³-hybridized carbons (Fsp3) is 0.400. The number of aliphatic hydroxyl groups excluding tert-OH is 1. The molecule has 14 heavy (non-hydrogen) atoms. The summed E-state index contributed by atoms with van der Waals surface area (Å²) < 4.78 is 6.08. The van der Waals surface area contributed by atoms with Crippen LogP contribution in [0.2, 0.25) is 0 Å². The zero-order chi connectivity index (χ0) is 10.7. The number of methoxy groups -OCH3 is 1. The molecule has 3 nitrogen and oxygen atoms in total. The highest BCUT2D eigenvalue weighted by molar-refractivity contribution is 9.10. The summed E-state index contributed by atoms with van der Waals surface area (Å²) in [5, 5.41) is 8.99. The number of halogens is 1. The Morgan fingerprint density at radius 3 is 2.71 bits per heavy atom. The van der Waals surface area contributed by atoms with E-state index in [1.165, 1.54) is 0 Å². The van der Waals surface area contributed by atoms with Crippen LogP contribution in [0.25, 0.3) is 0 Å². The van der Waals surface area contributed by atoms with Gasteiger partial charge >= 0.3 is 0 Å². The van der Waals surface area contributed by atoms with Crippen LogP contribution in [0, 0.1) is 6.92 Å². The van der Waals surface area contributed by atoms with E-state index in [1.807, 2.05) is 19.1 Å². The van der Waals surface area contributed by atoms with Gasteiger partial charge in [0, 0.05) is 5.56 Å². The van der Waals surface area contributed by atoms with Gasteiger partial charge in [-0.25, -0.2) is 0 Å². The van der Waals surface area contributed by atoms with Gasteiger partial charge in [0.25, 0.3) is 0 Å². The van der Waals surface area contributed by atoms with E-state index in [2.05, 4.69) is 15.9 Å². The van der Waals surface area contributed by atoms with Crippen molar-refractivity contribution in [1.29, 1.82) is 0 Å². The van der Waals surface area contributed by atoms with Crippen LogP contribution in [0.5, 0.6) is 5.75 Å². The summed E-state index contributed by atoms with van der Waals surface area (Å²) >= 11 is 3.39. The average molecular weight is 260 g/mol. The van der Waals surface area contributed by atoms with E-state index in [1.54, 1.807) is 7.11 Å². The molecule has 0 heterocycles. The Kier molecular flexibility index (Phi) is 3.92. The second kappa shape index (κ2) is 4.77. The molecule has 0 aliphatic rings. The minimum absolute atomic E-state index is 0.0910. The van der Waals surface area contributed by atoms with Gasteiger partial charge in [-0.15, -0.1) is 0 Å². The maximum absolute atomic E-state index is 8.99. The van der Waals surface area contributed by atoms with Crippen LogP contribution in [-0.4, -0.2) is 18.8 Å². The average Bonchev–Trinajstić information content (AvgIpc) is 2.15. The van der Waals surface area contributed by atoms with E-state index >= 15 is 0 Å². The first-order chi connectivity index (χ1) is 6.60. The Hall–Kier alpha value is -0.580. The van der Waals surface area contributed by atoms with Crippen LogP contribution < -0.4 is 10.5 Å². The van der Waals surface area contributed by atoms with Gasteiger partial charge in [-0.05, 0) is 34.5 Å². The molecule has 0 amide bonds. The molecule has 0 bridgehead atoms. The van der Waals surface area contributed by atoms with Crippen LogP contribution in [-0.2, 0) is 0 Å². The summed E-state index contributed by atoms with van der Waals surface area (Å²) in [5.74, 6) is 0.692. The summed E-state index contributed by atoms with van der Waals surface area (Å²) in [6, 6.07) is 3.47. The highest BCUT2D eigenvalue weighted by Crippen LogP contribution is 2.33. The number of hydrogen-bond acceptors (Lipinski definition) is 3. The fourth-order valence-corrected chi connectivity index (χ4v) is 2.10. The lowest BCUT2D eigenvalue weighted by Crippen LogP contribution is -2.15. The van der Waals surface area contributed by atoms with E-state index in [0.29, 0.717) is 5.75 Å². The molecule has 0 aromatic heterocycles. The predicted molar refractivity (Wildman–Crippen MR) is 59.4 cm³/mol. The first-order valence-electron chi connectivity index (χ1n) is 4.30. The van der Waals surface area contributed by atoms with Crippen molar-refractivity contribution in [3.05, 3.63) is 27.7 Å². The summed E-state index contributed by atoms with van der Waals surface area (Å²) in [4.78, 5) is 0. The van der Waals surface area contributed by atoms with Crippen LogP contribution in [0.4, 0.5) is 0 Å². The van der Waals surface area contributed by atoms with Gasteiger partial charge in [-0.1, -0.05) is 6.07 Å². The molecule has 78 valence electrons. The van der Waals surface area contributed by atoms with Gasteiger partial charge in [0.1, 0.15) is 5.75 Å². The highest BCUT2D eigenvalue weighted by atomic mass is 79.9. The van der Waals surface area contributed by atoms with Gasteiger partial charge in [-0.2, -0.15) is 0 Å². The zero-order valence-corrected chi connectivity index (χ0v) is 9.84. The normalized spacial score (nSPS) is 12.6. The number of ether oxygens (including phenoxy) is 1. The molecule has 0 aliphatic heterocycles. The van der Waals surface area contributed by atoms with Crippen LogP contribution >= 0.6 is 15.9 Å². The first-order valence-corrected chi connectivity index (χ1v) is 5.10. The number of rotatable bonds is 3. The Morgan fingerprint density at radius 1 is 1.57 bits per heavy atom. The minimum Gasteiger partial charge on any atom is -0.495 e. The van der Waals surface area contributed by atoms with Gasteiger partial charge in [-0.3, -0.25) is 0 Å². The largest absolute Gasteiger partial charge is 0.495 e. The lowest BCUT2D eigenvalue weighted by molar-refractivity contribution is 0.264. The molecule has 1 aromatic carbocycles. The standard InChI is InChI=1S/C10H14BrNO2/c1-6-3-7(9(12)5-13)10(14-2)8(11)4-6/h3-4,9,13H,5,12H2,1-2H3. The second-order valence-corrected chi connectivity index (χ2v) is 4.01. The molecular weight excluding hydrogens is 246 g/mol. The van der Waals surface area contributed by atoms with Crippen LogP contribution in [0.1, 0.15) is 17.2 Å². The number of nitrogens with two attached hydrogens (primary N) is 1. The molecule has 4 heteroatoms. The summed E-state index contributed by atoms with van der Waals surface area (Å²) in [6.07, 6.45) is 0. The smallest absolute Gasteiger partial charge is 0.137 e. The van der Waals surface area contributed by atoms with Crippen molar-refractivity contribution in [2.45, 2.75) is 13.0 Å². The zero-order valence-electron chi connectivity index (χ0n) is 8.25. The number of hydrogen-bond donors (Lipinski definition) is 2. The molecule has 0 spiro atoms. The number of aryl methyl sites for hydroxylation is 1. The fourth-order valence-electron chi connectivity index (χ4n) is 1.34. The molecule has 3 N–H and O–H groups in total. The topological polar surface area (TPSA) is 55.5 Å². The Morgan fingerprint density at radius 2 is 2.21 bits per heavy atom. The van der Waals surface area contributed by atoms with Crippen molar-refractivity contribution in [2.75, 3.05) is 13.7 Å². The number of aliphatic hydroxyl groups is 1. The SMILES string of the molecule is COc1c(Br)cc(C)cc1C(N)CO. The molecule has 0 fully saturated rings. The van der Waals surface area contributed by atoms with Crippen molar-refractivity contribution in [3.8, 4) is 5.75 Å². The summed E-state index contributed by atoms with van der Waals surface area (Å²) in [6.45, 7) is 1.88. The first kappa shape index (κ1) is 11.5. The monoisotopic (exact) mass is 259 g/mol. The van der Waals surface area contributed by atoms with Crippen LogP contribution in [0.15, 0.2) is 16.6 Å². The third-order valence-corrected chi connectivity index (χ3v) is 2.61. The van der Waals surface area contributed by atoms with Gasteiger partial charge in [0.15, 0.2) is 0 Å². The van der Waals surface area contributed by atoms with Crippen molar-refractivity contribution < 1.29 is 9.84 Å². The maximum Gasteiger partial charge on any atom is 0.137 e. The molecule has 1 unspecified atom stereocenters. The van der Waals surface area contributed by atoms with E-state index in [-0.39, 0.29) is 6.61 Å². The van der Waals surface area contributed by atoms with Gasteiger partial charge in [0.2, 0.25) is 0 Å². The molecule has 0 saturated carbocycles. The third-order valence-electron chi connectivity index (χ3n) is 2.02. The van der Waals surface area contributed by atoms with Crippen molar-refractivity contribution >= 4 is 15.9 Å². The van der Waals surface area contributed by atoms with Crippen molar-refractivity contribution in [2.24, 2.45) is 5.73 Å². The molecule has 0 radical (unpaired) electrons. The lowest BCUT2D eigenvalue weighted by atomic mass is 10.0. The molecule has 1 aromatic rings. The second-order valence-electron chi connectivity index (χ2n) is 3.16. The Bertz CT molecular complexity index is 328. The molecule has 0 saturated heterocycles. The Balaban J connectivity index is 3.24. The Labute approximate surface area is 92.0 Å². The van der Waals surface area contributed by atoms with Crippen molar-refractivity contribution in [1.82, 2.24) is 0 Å². The molecule has 1 rings (SSSR count). The number of benzene rings is 1. The third kappa shape index (κ3) is 2.26. The quantitative estimate of drug-likeness (QED) is 0.870. The highest BCUT2D eigenvalue weighted by Gasteiger charge is 2.14. The maximum atomic E-state index is 8.99. The minimum atomic E-state index is -0.402. The molecule has 0 aliphatic carbocycles. The summed E-state index contributed by atoms with van der Waals surface area (Å²) in [5.41, 5.74) is 7.66. The summed E-state index contributed by atoms with van der Waals surface area (Å²) in [7, 11) is 1.59. The van der Waals surface area contributed by atoms with Gasteiger partial charge < -0.3 is 15.6 Å². The lowest BCUT2D eigenvalue weighted by Gasteiger charge is -2.15. The van der Waals surface area contributed by atoms with E-state index in [9.17, 15) is 0 Å². The molecule has 1 atom stereocenters. The van der Waals surface area contributed by atoms with E-state index in [0.717, 1.165) is 15.6 Å². The van der Waals surface area contributed by atoms with Crippen molar-refractivity contribution in [3.63, 3.8) is 0 Å². The van der Waals surface area contributed by atoms with E-state index in [4.69, 9.17) is 15.6 Å². The van der Waals surface area contributed by atoms with Gasteiger partial charge in [0.05, 0.1) is 24.2 Å². The van der Waals surface area contributed by atoms with E-state index < -0.39 is 6.04 Å².